The smallest absolute Gasteiger partial charge is 0.111 e. The van der Waals surface area contributed by atoms with Gasteiger partial charge >= 0.3 is 0 Å². The Bertz CT molecular complexity index is 308. The lowest BCUT2D eigenvalue weighted by Gasteiger charge is -2.13. The maximum Gasteiger partial charge on any atom is 0.111 e. The molecule has 4 heteroatoms. The highest BCUT2D eigenvalue weighted by atomic mass is 15.0. The minimum atomic E-state index is 0.323. The van der Waals surface area contributed by atoms with E-state index < -0.39 is 0 Å². The van der Waals surface area contributed by atoms with Crippen molar-refractivity contribution in [2.45, 2.75) is 54.5 Å². The second-order valence-electron chi connectivity index (χ2n) is 3.20. The molecule has 0 atom stereocenters. The van der Waals surface area contributed by atoms with Crippen LogP contribution in [0.3, 0.4) is 0 Å². The molecule has 17 heavy (non-hydrogen) atoms. The van der Waals surface area contributed by atoms with Gasteiger partial charge in [-0.15, -0.1) is 0 Å². The third-order valence-electron chi connectivity index (χ3n) is 1.67. The van der Waals surface area contributed by atoms with Crippen LogP contribution >= 0.6 is 0 Å². The maximum absolute atomic E-state index is 6.98. The molecule has 2 N–H and O–H groups in total. The number of anilines is 1. The number of pyridine rings is 1. The SMILES string of the molecule is CC.CC.Cc1nccc(N=N)c1NC(C)C. The summed E-state index contributed by atoms with van der Waals surface area (Å²) in [7, 11) is 0. The molecule has 0 saturated carbocycles. The van der Waals surface area contributed by atoms with E-state index in [1.807, 2.05) is 48.5 Å². The summed E-state index contributed by atoms with van der Waals surface area (Å²) in [6.45, 7) is 14.0. The highest BCUT2D eigenvalue weighted by Crippen LogP contribution is 2.26. The molecule has 0 amide bonds. The van der Waals surface area contributed by atoms with Crippen LogP contribution in [0.5, 0.6) is 0 Å². The van der Waals surface area contributed by atoms with Crippen LogP contribution in [0.4, 0.5) is 11.4 Å². The van der Waals surface area contributed by atoms with Crippen LogP contribution in [0.2, 0.25) is 0 Å². The first-order valence-corrected chi connectivity index (χ1v) is 6.24. The second-order valence-corrected chi connectivity index (χ2v) is 3.20. The normalized spacial score (nSPS) is 8.47. The highest BCUT2D eigenvalue weighted by molar-refractivity contribution is 5.67. The summed E-state index contributed by atoms with van der Waals surface area (Å²) in [4.78, 5) is 4.13. The topological polar surface area (TPSA) is 61.1 Å². The molecule has 0 spiro atoms. The summed E-state index contributed by atoms with van der Waals surface area (Å²) in [5, 5.41) is 6.65. The third kappa shape index (κ3) is 6.66. The summed E-state index contributed by atoms with van der Waals surface area (Å²) in [5.74, 6) is 0. The average Bonchev–Trinajstić information content (AvgIpc) is 2.36. The fourth-order valence-electron chi connectivity index (χ4n) is 1.11. The molecule has 0 aliphatic carbocycles. The van der Waals surface area contributed by atoms with Crippen molar-refractivity contribution >= 4 is 11.4 Å². The Labute approximate surface area is 105 Å². The molecule has 1 rings (SSSR count). The van der Waals surface area contributed by atoms with Crippen molar-refractivity contribution in [3.63, 3.8) is 0 Å². The predicted molar refractivity (Wildman–Crippen MR) is 75.2 cm³/mol. The first-order chi connectivity index (χ1) is 8.15. The van der Waals surface area contributed by atoms with E-state index in [2.05, 4.69) is 15.4 Å². The fourth-order valence-corrected chi connectivity index (χ4v) is 1.11. The van der Waals surface area contributed by atoms with E-state index in [9.17, 15) is 0 Å². The predicted octanol–water partition coefficient (Wildman–Crippen LogP) is 4.93. The fraction of sp³-hybridized carbons (Fsp3) is 0.615. The minimum absolute atomic E-state index is 0.323. The van der Waals surface area contributed by atoms with Crippen molar-refractivity contribution in [1.29, 1.82) is 5.53 Å². The van der Waals surface area contributed by atoms with Crippen LogP contribution in [0.1, 0.15) is 47.2 Å². The molecule has 0 aromatic carbocycles. The van der Waals surface area contributed by atoms with Gasteiger partial charge in [0.25, 0.3) is 0 Å². The van der Waals surface area contributed by atoms with Gasteiger partial charge < -0.3 is 5.32 Å². The number of hydrogen-bond acceptors (Lipinski definition) is 4. The number of nitrogens with one attached hydrogen (secondary N) is 2. The van der Waals surface area contributed by atoms with Crippen molar-refractivity contribution in [2.24, 2.45) is 5.11 Å². The number of nitrogens with zero attached hydrogens (tertiary/aromatic N) is 2. The van der Waals surface area contributed by atoms with Crippen LogP contribution in [-0.2, 0) is 0 Å². The van der Waals surface area contributed by atoms with Crippen LogP contribution in [-0.4, -0.2) is 11.0 Å². The lowest BCUT2D eigenvalue weighted by atomic mass is 10.2. The van der Waals surface area contributed by atoms with Gasteiger partial charge in [0.15, 0.2) is 0 Å². The molecule has 0 unspecified atom stereocenters. The zero-order chi connectivity index (χ0) is 13.8. The second kappa shape index (κ2) is 11.0. The van der Waals surface area contributed by atoms with Crippen LogP contribution in [0.25, 0.3) is 0 Å². The first-order valence-electron chi connectivity index (χ1n) is 6.24. The van der Waals surface area contributed by atoms with Gasteiger partial charge in [-0.05, 0) is 26.8 Å². The van der Waals surface area contributed by atoms with Crippen molar-refractivity contribution in [1.82, 2.24) is 4.98 Å². The van der Waals surface area contributed by atoms with Gasteiger partial charge in [-0.2, -0.15) is 5.11 Å². The van der Waals surface area contributed by atoms with Gasteiger partial charge in [0.1, 0.15) is 5.69 Å². The quantitative estimate of drug-likeness (QED) is 0.734. The van der Waals surface area contributed by atoms with E-state index in [1.165, 1.54) is 0 Å². The van der Waals surface area contributed by atoms with Crippen LogP contribution < -0.4 is 5.32 Å². The lowest BCUT2D eigenvalue weighted by Crippen LogP contribution is -2.11. The number of aryl methyl sites for hydroxylation is 1. The lowest BCUT2D eigenvalue weighted by molar-refractivity contribution is 0.892. The van der Waals surface area contributed by atoms with Gasteiger partial charge in [-0.3, -0.25) is 4.98 Å². The van der Waals surface area contributed by atoms with Gasteiger partial charge in [-0.25, -0.2) is 5.53 Å². The number of rotatable bonds is 3. The Morgan fingerprint density at radius 1 is 1.24 bits per heavy atom. The molecular weight excluding hydrogens is 212 g/mol. The van der Waals surface area contributed by atoms with Gasteiger partial charge in [0.05, 0.1) is 11.4 Å². The van der Waals surface area contributed by atoms with Crippen molar-refractivity contribution in [3.8, 4) is 0 Å². The monoisotopic (exact) mass is 238 g/mol. The van der Waals surface area contributed by atoms with Crippen LogP contribution in [0.15, 0.2) is 17.4 Å². The molecule has 0 aliphatic heterocycles. The molecule has 0 bridgehead atoms. The third-order valence-corrected chi connectivity index (χ3v) is 1.67. The largest absolute Gasteiger partial charge is 0.380 e. The van der Waals surface area contributed by atoms with Gasteiger partial charge in [0, 0.05) is 12.2 Å². The highest BCUT2D eigenvalue weighted by Gasteiger charge is 2.06. The number of aromatic nitrogens is 1. The molecule has 98 valence electrons. The minimum Gasteiger partial charge on any atom is -0.380 e. The Hall–Kier alpha value is -1.45. The summed E-state index contributed by atoms with van der Waals surface area (Å²) >= 11 is 0. The molecule has 4 nitrogen and oxygen atoms in total. The summed E-state index contributed by atoms with van der Waals surface area (Å²) < 4.78 is 0. The number of hydrogen-bond donors (Lipinski definition) is 2. The average molecular weight is 238 g/mol. The van der Waals surface area contributed by atoms with Crippen molar-refractivity contribution < 1.29 is 0 Å². The standard InChI is InChI=1S/C9H14N4.2C2H6/c1-6(2)12-9-7(3)11-5-4-8(9)13-10;2*1-2/h4-6,10,12H,1-3H3;2*1-2H3. The molecule has 1 heterocycles. The van der Waals surface area contributed by atoms with Crippen molar-refractivity contribution in [3.05, 3.63) is 18.0 Å². The molecule has 0 aliphatic rings. The Morgan fingerprint density at radius 2 is 1.76 bits per heavy atom. The summed E-state index contributed by atoms with van der Waals surface area (Å²) in [5.41, 5.74) is 9.35. The Kier molecular flexibility index (Phi) is 11.7. The van der Waals surface area contributed by atoms with Gasteiger partial charge in [-0.1, -0.05) is 27.7 Å². The summed E-state index contributed by atoms with van der Waals surface area (Å²) in [6.07, 6.45) is 1.66. The zero-order valence-electron chi connectivity index (χ0n) is 12.1. The Balaban J connectivity index is 0. The molecule has 0 radical (unpaired) electrons. The molecule has 0 fully saturated rings. The van der Waals surface area contributed by atoms with Crippen LogP contribution in [0, 0.1) is 12.5 Å². The molecular formula is C13H26N4. The van der Waals surface area contributed by atoms with E-state index in [-0.39, 0.29) is 0 Å². The van der Waals surface area contributed by atoms with E-state index in [4.69, 9.17) is 5.53 Å². The molecule has 0 saturated heterocycles. The van der Waals surface area contributed by atoms with E-state index >= 15 is 0 Å². The molecule has 1 aromatic rings. The first kappa shape index (κ1) is 17.9. The van der Waals surface area contributed by atoms with E-state index in [1.54, 1.807) is 12.3 Å². The van der Waals surface area contributed by atoms with E-state index in [0.717, 1.165) is 11.4 Å². The Morgan fingerprint density at radius 3 is 2.18 bits per heavy atom. The van der Waals surface area contributed by atoms with Crippen molar-refractivity contribution in [2.75, 3.05) is 5.32 Å². The van der Waals surface area contributed by atoms with Gasteiger partial charge in [0.2, 0.25) is 0 Å². The maximum atomic E-state index is 6.98. The zero-order valence-corrected chi connectivity index (χ0v) is 12.1. The molecule has 1 aromatic heterocycles. The summed E-state index contributed by atoms with van der Waals surface area (Å²) in [6, 6.07) is 2.05. The van der Waals surface area contributed by atoms with E-state index in [0.29, 0.717) is 11.7 Å².